The minimum atomic E-state index is -0.577. The van der Waals surface area contributed by atoms with Gasteiger partial charge in [0.2, 0.25) is 0 Å². The number of furan rings is 1. The van der Waals surface area contributed by atoms with Gasteiger partial charge in [0.05, 0.1) is 25.3 Å². The summed E-state index contributed by atoms with van der Waals surface area (Å²) in [5.74, 6) is 0.305. The molecule has 1 aliphatic rings. The second kappa shape index (κ2) is 8.20. The summed E-state index contributed by atoms with van der Waals surface area (Å²) < 4.78 is 12.7. The fourth-order valence-electron chi connectivity index (χ4n) is 3.97. The zero-order valence-electron chi connectivity index (χ0n) is 16.1. The van der Waals surface area contributed by atoms with Gasteiger partial charge in [-0.3, -0.25) is 0 Å². The standard InChI is InChI=1S/C22H26N2O4/c1-27-22(26)19-13-21-18(12-20(28-21)16-8-4-2-5-9-16)24(19)15-17(25)14-23-10-6-3-7-11-23/h2,4-5,8-9,12-13,17,25H,3,6-7,10-11,14-15H2,1H3/t17-/m1/s1. The first-order valence-corrected chi connectivity index (χ1v) is 9.83. The third-order valence-corrected chi connectivity index (χ3v) is 5.35. The van der Waals surface area contributed by atoms with Gasteiger partial charge in [0, 0.05) is 24.2 Å². The molecule has 0 spiro atoms. The average molecular weight is 382 g/mol. The summed E-state index contributed by atoms with van der Waals surface area (Å²) in [7, 11) is 1.36. The molecule has 4 rings (SSSR count). The molecule has 0 amide bonds. The van der Waals surface area contributed by atoms with E-state index in [-0.39, 0.29) is 0 Å². The van der Waals surface area contributed by atoms with Crippen molar-refractivity contribution in [2.45, 2.75) is 31.9 Å². The highest BCUT2D eigenvalue weighted by Gasteiger charge is 2.23. The van der Waals surface area contributed by atoms with Crippen LogP contribution in [0, 0.1) is 0 Å². The molecule has 0 radical (unpaired) electrons. The van der Waals surface area contributed by atoms with E-state index in [4.69, 9.17) is 9.15 Å². The van der Waals surface area contributed by atoms with Crippen molar-refractivity contribution in [2.75, 3.05) is 26.7 Å². The number of rotatable bonds is 6. The third-order valence-electron chi connectivity index (χ3n) is 5.35. The molecule has 1 atom stereocenters. The van der Waals surface area contributed by atoms with Crippen LogP contribution in [0.3, 0.4) is 0 Å². The molecule has 0 unspecified atom stereocenters. The number of carbonyl (C=O) groups excluding carboxylic acids is 1. The summed E-state index contributed by atoms with van der Waals surface area (Å²) in [5.41, 5.74) is 2.77. The van der Waals surface area contributed by atoms with E-state index in [1.165, 1.54) is 26.4 Å². The molecular formula is C22H26N2O4. The molecule has 28 heavy (non-hydrogen) atoms. The number of benzene rings is 1. The van der Waals surface area contributed by atoms with Gasteiger partial charge in [0.1, 0.15) is 11.5 Å². The van der Waals surface area contributed by atoms with Crippen molar-refractivity contribution in [1.29, 1.82) is 0 Å². The van der Waals surface area contributed by atoms with E-state index in [1.807, 2.05) is 41.0 Å². The summed E-state index contributed by atoms with van der Waals surface area (Å²) in [6.07, 6.45) is 3.04. The van der Waals surface area contributed by atoms with Crippen molar-refractivity contribution in [2.24, 2.45) is 0 Å². The predicted octanol–water partition coefficient (Wildman–Crippen LogP) is 3.53. The van der Waals surface area contributed by atoms with Gasteiger partial charge < -0.3 is 23.7 Å². The summed E-state index contributed by atoms with van der Waals surface area (Å²) in [6.45, 7) is 2.96. The van der Waals surface area contributed by atoms with Crippen molar-refractivity contribution in [3.05, 3.63) is 48.2 Å². The van der Waals surface area contributed by atoms with E-state index in [0.29, 0.717) is 24.4 Å². The molecule has 0 saturated carbocycles. The summed E-state index contributed by atoms with van der Waals surface area (Å²) in [5, 5.41) is 10.7. The maximum Gasteiger partial charge on any atom is 0.354 e. The minimum absolute atomic E-state index is 0.318. The fraction of sp³-hybridized carbons (Fsp3) is 0.409. The molecule has 1 N–H and O–H groups in total. The van der Waals surface area contributed by atoms with Crippen molar-refractivity contribution in [3.63, 3.8) is 0 Å². The highest BCUT2D eigenvalue weighted by molar-refractivity contribution is 5.95. The van der Waals surface area contributed by atoms with E-state index in [0.717, 1.165) is 29.9 Å². The number of aromatic nitrogens is 1. The molecule has 1 saturated heterocycles. The fourth-order valence-corrected chi connectivity index (χ4v) is 3.97. The van der Waals surface area contributed by atoms with Crippen LogP contribution in [0.5, 0.6) is 0 Å². The first-order valence-electron chi connectivity index (χ1n) is 9.83. The molecule has 1 fully saturated rings. The zero-order valence-corrected chi connectivity index (χ0v) is 16.1. The minimum Gasteiger partial charge on any atom is -0.464 e. The largest absolute Gasteiger partial charge is 0.464 e. The number of hydrogen-bond acceptors (Lipinski definition) is 5. The molecule has 3 aromatic rings. The number of ether oxygens (including phenoxy) is 1. The Balaban J connectivity index is 1.63. The van der Waals surface area contributed by atoms with Crippen LogP contribution in [-0.4, -0.2) is 53.4 Å². The number of carbonyl (C=O) groups is 1. The molecule has 3 heterocycles. The van der Waals surface area contributed by atoms with Gasteiger partial charge in [0.25, 0.3) is 0 Å². The van der Waals surface area contributed by atoms with Crippen molar-refractivity contribution in [3.8, 4) is 11.3 Å². The van der Waals surface area contributed by atoms with Crippen LogP contribution in [0.4, 0.5) is 0 Å². The van der Waals surface area contributed by atoms with Crippen molar-refractivity contribution in [1.82, 2.24) is 9.47 Å². The van der Waals surface area contributed by atoms with Crippen molar-refractivity contribution >= 4 is 17.1 Å². The Morgan fingerprint density at radius 1 is 1.14 bits per heavy atom. The number of esters is 1. The van der Waals surface area contributed by atoms with Crippen LogP contribution in [0.15, 0.2) is 46.9 Å². The quantitative estimate of drug-likeness (QED) is 0.661. The van der Waals surface area contributed by atoms with Crippen LogP contribution < -0.4 is 0 Å². The lowest BCUT2D eigenvalue weighted by Gasteiger charge is -2.28. The van der Waals surface area contributed by atoms with Crippen LogP contribution in [0.2, 0.25) is 0 Å². The molecule has 1 aromatic carbocycles. The summed E-state index contributed by atoms with van der Waals surface area (Å²) in [6, 6.07) is 13.4. The molecule has 1 aliphatic heterocycles. The zero-order chi connectivity index (χ0) is 19.5. The monoisotopic (exact) mass is 382 g/mol. The van der Waals surface area contributed by atoms with E-state index < -0.39 is 12.1 Å². The smallest absolute Gasteiger partial charge is 0.354 e. The van der Waals surface area contributed by atoms with E-state index >= 15 is 0 Å². The van der Waals surface area contributed by atoms with Crippen LogP contribution in [0.1, 0.15) is 29.8 Å². The van der Waals surface area contributed by atoms with Crippen LogP contribution in [0.25, 0.3) is 22.4 Å². The first-order chi connectivity index (χ1) is 13.7. The Bertz CT molecular complexity index is 938. The molecule has 0 bridgehead atoms. The highest BCUT2D eigenvalue weighted by atomic mass is 16.5. The topological polar surface area (TPSA) is 67.8 Å². The molecule has 148 valence electrons. The lowest BCUT2D eigenvalue weighted by molar-refractivity contribution is 0.0576. The van der Waals surface area contributed by atoms with E-state index in [2.05, 4.69) is 4.90 Å². The Morgan fingerprint density at radius 2 is 1.89 bits per heavy atom. The van der Waals surface area contributed by atoms with Gasteiger partial charge in [-0.25, -0.2) is 4.79 Å². The maximum atomic E-state index is 12.3. The third kappa shape index (κ3) is 3.84. The second-order valence-electron chi connectivity index (χ2n) is 7.37. The average Bonchev–Trinajstić information content (AvgIpc) is 3.28. The number of aliphatic hydroxyl groups is 1. The van der Waals surface area contributed by atoms with E-state index in [9.17, 15) is 9.90 Å². The highest BCUT2D eigenvalue weighted by Crippen LogP contribution is 2.30. The first kappa shape index (κ1) is 18.8. The normalized spacial score (nSPS) is 16.4. The number of aliphatic hydroxyl groups excluding tert-OH is 1. The maximum absolute atomic E-state index is 12.3. The second-order valence-corrected chi connectivity index (χ2v) is 7.37. The Morgan fingerprint density at radius 3 is 2.61 bits per heavy atom. The SMILES string of the molecule is COC(=O)c1cc2oc(-c3ccccc3)cc2n1C[C@H](O)CN1CCCCC1. The van der Waals surface area contributed by atoms with E-state index in [1.54, 1.807) is 6.07 Å². The molecular weight excluding hydrogens is 356 g/mol. The van der Waals surface area contributed by atoms with Gasteiger partial charge >= 0.3 is 5.97 Å². The van der Waals surface area contributed by atoms with Gasteiger partial charge in [-0.15, -0.1) is 0 Å². The number of likely N-dealkylation sites (tertiary alicyclic amines) is 1. The molecule has 0 aliphatic carbocycles. The van der Waals surface area contributed by atoms with Gasteiger partial charge in [0.15, 0.2) is 5.58 Å². The number of piperidine rings is 1. The van der Waals surface area contributed by atoms with Gasteiger partial charge in [-0.05, 0) is 25.9 Å². The van der Waals surface area contributed by atoms with Crippen molar-refractivity contribution < 1.29 is 19.1 Å². The number of fused-ring (bicyclic) bond motifs is 1. The number of hydrogen-bond donors (Lipinski definition) is 1. The van der Waals surface area contributed by atoms with Crippen LogP contribution in [-0.2, 0) is 11.3 Å². The molecule has 2 aromatic heterocycles. The number of nitrogens with zero attached hydrogens (tertiary/aromatic N) is 2. The number of methoxy groups -OCH3 is 1. The Kier molecular flexibility index (Phi) is 5.50. The molecule has 6 nitrogen and oxygen atoms in total. The van der Waals surface area contributed by atoms with Gasteiger partial charge in [-0.1, -0.05) is 36.8 Å². The lowest BCUT2D eigenvalue weighted by atomic mass is 10.1. The number of β-amino-alcohol motifs (C(OH)–C–C–N with tert-alkyl or cyclic N) is 1. The van der Waals surface area contributed by atoms with Crippen LogP contribution >= 0.6 is 0 Å². The molecule has 6 heteroatoms. The Hall–Kier alpha value is -2.57. The predicted molar refractivity (Wildman–Crippen MR) is 107 cm³/mol. The lowest BCUT2D eigenvalue weighted by Crippen LogP contribution is -2.38. The van der Waals surface area contributed by atoms with Gasteiger partial charge in [-0.2, -0.15) is 0 Å². The Labute approximate surface area is 164 Å². The summed E-state index contributed by atoms with van der Waals surface area (Å²) >= 11 is 0. The summed E-state index contributed by atoms with van der Waals surface area (Å²) in [4.78, 5) is 14.5.